The molecule has 2 heterocycles. The maximum absolute atomic E-state index is 12.6. The predicted octanol–water partition coefficient (Wildman–Crippen LogP) is 0.776. The maximum atomic E-state index is 12.6. The molecule has 3 rings (SSSR count). The van der Waals surface area contributed by atoms with Gasteiger partial charge in [-0.25, -0.2) is 0 Å². The summed E-state index contributed by atoms with van der Waals surface area (Å²) < 4.78 is 28.7. The Morgan fingerprint density at radius 3 is 2.32 bits per heavy atom. The van der Waals surface area contributed by atoms with Gasteiger partial charge in [0.15, 0.2) is 0 Å². The van der Waals surface area contributed by atoms with Crippen molar-refractivity contribution in [1.29, 1.82) is 0 Å². The third-order valence-electron chi connectivity index (χ3n) is 5.02. The first-order chi connectivity index (χ1) is 9.07. The molecule has 0 spiro atoms. The van der Waals surface area contributed by atoms with E-state index in [-0.39, 0.29) is 6.04 Å². The molecule has 2 N–H and O–H groups in total. The summed E-state index contributed by atoms with van der Waals surface area (Å²) in [6, 6.07) is 0.277. The second-order valence-electron chi connectivity index (χ2n) is 6.38. The molecule has 0 bridgehead atoms. The number of hydrogen-bond donors (Lipinski definition) is 1. The van der Waals surface area contributed by atoms with Crippen LogP contribution in [-0.4, -0.2) is 49.2 Å². The van der Waals surface area contributed by atoms with Crippen LogP contribution in [0.4, 0.5) is 0 Å². The molecule has 110 valence electrons. The lowest BCUT2D eigenvalue weighted by Gasteiger charge is -2.30. The Morgan fingerprint density at radius 2 is 1.58 bits per heavy atom. The van der Waals surface area contributed by atoms with Gasteiger partial charge >= 0.3 is 0 Å². The van der Waals surface area contributed by atoms with Crippen molar-refractivity contribution in [3.05, 3.63) is 0 Å². The molecule has 19 heavy (non-hydrogen) atoms. The topological polar surface area (TPSA) is 66.6 Å². The standard InChI is InChI=1S/C13H25N3O2S/c14-13-5-4-11-9-16(10-12(11)8-13)19(17,18)15-6-2-1-3-7-15/h11-13H,1-10,14H2/t11-,12+,13?/m1/s1. The fourth-order valence-electron chi connectivity index (χ4n) is 3.87. The van der Waals surface area contributed by atoms with E-state index >= 15 is 0 Å². The minimum Gasteiger partial charge on any atom is -0.328 e. The molecule has 0 radical (unpaired) electrons. The van der Waals surface area contributed by atoms with Crippen molar-refractivity contribution in [2.24, 2.45) is 17.6 Å². The number of nitrogens with two attached hydrogens (primary N) is 1. The zero-order valence-electron chi connectivity index (χ0n) is 11.5. The van der Waals surface area contributed by atoms with Gasteiger partial charge in [0.2, 0.25) is 0 Å². The Balaban J connectivity index is 1.69. The van der Waals surface area contributed by atoms with Crippen LogP contribution in [0.1, 0.15) is 38.5 Å². The van der Waals surface area contributed by atoms with Crippen LogP contribution in [0.15, 0.2) is 0 Å². The van der Waals surface area contributed by atoms with Gasteiger partial charge < -0.3 is 5.73 Å². The molecule has 5 nitrogen and oxygen atoms in total. The molecule has 1 unspecified atom stereocenters. The number of rotatable bonds is 2. The quantitative estimate of drug-likeness (QED) is 0.816. The number of piperidine rings is 1. The van der Waals surface area contributed by atoms with Gasteiger partial charge in [0.1, 0.15) is 0 Å². The van der Waals surface area contributed by atoms with Crippen LogP contribution in [0.5, 0.6) is 0 Å². The predicted molar refractivity (Wildman–Crippen MR) is 74.7 cm³/mol. The van der Waals surface area contributed by atoms with E-state index in [2.05, 4.69) is 0 Å². The van der Waals surface area contributed by atoms with Crippen LogP contribution in [0.3, 0.4) is 0 Å². The third-order valence-corrected chi connectivity index (χ3v) is 6.99. The zero-order valence-corrected chi connectivity index (χ0v) is 12.3. The molecule has 0 aromatic carbocycles. The Bertz CT molecular complexity index is 420. The average Bonchev–Trinajstić information content (AvgIpc) is 2.83. The fourth-order valence-corrected chi connectivity index (χ4v) is 5.68. The maximum Gasteiger partial charge on any atom is 0.281 e. The lowest BCUT2D eigenvalue weighted by Crippen LogP contribution is -2.45. The van der Waals surface area contributed by atoms with Crippen LogP contribution in [0.25, 0.3) is 0 Å². The second-order valence-corrected chi connectivity index (χ2v) is 8.31. The molecule has 1 saturated carbocycles. The number of nitrogens with zero attached hydrogens (tertiary/aromatic N) is 2. The summed E-state index contributed by atoms with van der Waals surface area (Å²) in [5.74, 6) is 1.03. The van der Waals surface area contributed by atoms with Crippen molar-refractivity contribution < 1.29 is 8.42 Å². The average molecular weight is 287 g/mol. The summed E-state index contributed by atoms with van der Waals surface area (Å²) in [6.45, 7) is 2.81. The van der Waals surface area contributed by atoms with E-state index < -0.39 is 10.2 Å². The first-order valence-electron chi connectivity index (χ1n) is 7.58. The Kier molecular flexibility index (Phi) is 3.86. The van der Waals surface area contributed by atoms with Crippen molar-refractivity contribution in [2.75, 3.05) is 26.2 Å². The first kappa shape index (κ1) is 13.8. The molecule has 6 heteroatoms. The fraction of sp³-hybridized carbons (Fsp3) is 1.00. The van der Waals surface area contributed by atoms with Gasteiger partial charge in [-0.2, -0.15) is 17.0 Å². The van der Waals surface area contributed by atoms with E-state index in [0.29, 0.717) is 31.5 Å². The molecule has 0 amide bonds. The highest BCUT2D eigenvalue weighted by molar-refractivity contribution is 7.86. The van der Waals surface area contributed by atoms with Gasteiger partial charge in [-0.05, 0) is 43.9 Å². The van der Waals surface area contributed by atoms with Crippen molar-refractivity contribution in [3.63, 3.8) is 0 Å². The summed E-state index contributed by atoms with van der Waals surface area (Å²) in [7, 11) is -3.21. The Labute approximate surface area is 116 Å². The first-order valence-corrected chi connectivity index (χ1v) is 8.98. The SMILES string of the molecule is NC1CC[C@@H]2CN(S(=O)(=O)N3CCCCC3)C[C@@H]2C1. The molecule has 3 fully saturated rings. The van der Waals surface area contributed by atoms with Crippen molar-refractivity contribution in [2.45, 2.75) is 44.6 Å². The number of fused-ring (bicyclic) bond motifs is 1. The second kappa shape index (κ2) is 5.31. The molecule has 1 aliphatic carbocycles. The van der Waals surface area contributed by atoms with Gasteiger partial charge in [-0.3, -0.25) is 0 Å². The summed E-state index contributed by atoms with van der Waals surface area (Å²) >= 11 is 0. The third kappa shape index (κ3) is 2.68. The van der Waals surface area contributed by atoms with Crippen molar-refractivity contribution >= 4 is 10.2 Å². The highest BCUT2D eigenvalue weighted by Gasteiger charge is 2.43. The highest BCUT2D eigenvalue weighted by Crippen LogP contribution is 2.37. The largest absolute Gasteiger partial charge is 0.328 e. The van der Waals surface area contributed by atoms with E-state index in [1.165, 1.54) is 0 Å². The molecule has 0 aromatic heterocycles. The highest BCUT2D eigenvalue weighted by atomic mass is 32.2. The van der Waals surface area contributed by atoms with Gasteiger partial charge in [-0.1, -0.05) is 6.42 Å². The van der Waals surface area contributed by atoms with E-state index in [1.54, 1.807) is 8.61 Å². The molecular formula is C13H25N3O2S. The van der Waals surface area contributed by atoms with Crippen LogP contribution in [0.2, 0.25) is 0 Å². The molecule has 2 saturated heterocycles. The van der Waals surface area contributed by atoms with E-state index in [9.17, 15) is 8.42 Å². The lowest BCUT2D eigenvalue weighted by molar-refractivity contribution is 0.271. The molecule has 3 atom stereocenters. The summed E-state index contributed by atoms with van der Waals surface area (Å²) in [4.78, 5) is 0. The van der Waals surface area contributed by atoms with E-state index in [1.807, 2.05) is 0 Å². The van der Waals surface area contributed by atoms with E-state index in [4.69, 9.17) is 5.73 Å². The lowest BCUT2D eigenvalue weighted by atomic mass is 9.79. The molecule has 2 aliphatic heterocycles. The van der Waals surface area contributed by atoms with Crippen LogP contribution < -0.4 is 5.73 Å². The normalized spacial score (nSPS) is 38.3. The van der Waals surface area contributed by atoms with Gasteiger partial charge in [0, 0.05) is 32.2 Å². The Morgan fingerprint density at radius 1 is 0.895 bits per heavy atom. The number of hydrogen-bond acceptors (Lipinski definition) is 3. The zero-order chi connectivity index (χ0) is 13.5. The summed E-state index contributed by atoms with van der Waals surface area (Å²) in [6.07, 6.45) is 6.31. The van der Waals surface area contributed by atoms with Gasteiger partial charge in [0.25, 0.3) is 10.2 Å². The van der Waals surface area contributed by atoms with Gasteiger partial charge in [0.05, 0.1) is 0 Å². The molecular weight excluding hydrogens is 262 g/mol. The minimum absolute atomic E-state index is 0.277. The molecule has 3 aliphatic rings. The van der Waals surface area contributed by atoms with E-state index in [0.717, 1.165) is 45.1 Å². The monoisotopic (exact) mass is 287 g/mol. The Hall–Kier alpha value is -0.170. The van der Waals surface area contributed by atoms with Crippen LogP contribution >= 0.6 is 0 Å². The van der Waals surface area contributed by atoms with Crippen LogP contribution in [-0.2, 0) is 10.2 Å². The van der Waals surface area contributed by atoms with Gasteiger partial charge in [-0.15, -0.1) is 0 Å². The smallest absolute Gasteiger partial charge is 0.281 e. The molecule has 0 aromatic rings. The summed E-state index contributed by atoms with van der Waals surface area (Å²) in [5, 5.41) is 0. The summed E-state index contributed by atoms with van der Waals surface area (Å²) in [5.41, 5.74) is 6.01. The van der Waals surface area contributed by atoms with Crippen molar-refractivity contribution in [1.82, 2.24) is 8.61 Å². The van der Waals surface area contributed by atoms with Crippen LogP contribution in [0, 0.1) is 11.8 Å². The minimum atomic E-state index is -3.21. The van der Waals surface area contributed by atoms with Crippen molar-refractivity contribution in [3.8, 4) is 0 Å².